The first-order chi connectivity index (χ1) is 15.7. The smallest absolute Gasteiger partial charge is 0.138 e. The van der Waals surface area contributed by atoms with Crippen LogP contribution in [0.2, 0.25) is 0 Å². The van der Waals surface area contributed by atoms with E-state index in [0.29, 0.717) is 36.6 Å². The first-order valence-corrected chi connectivity index (χ1v) is 13.9. The van der Waals surface area contributed by atoms with Gasteiger partial charge < -0.3 is 14.9 Å². The molecule has 4 aliphatic carbocycles. The second-order valence-corrected chi connectivity index (χ2v) is 14.5. The number of ketones is 1. The molecular formula is C30H48O4. The van der Waals surface area contributed by atoms with Crippen LogP contribution in [0.4, 0.5) is 0 Å². The maximum absolute atomic E-state index is 12.8. The summed E-state index contributed by atoms with van der Waals surface area (Å²) in [6.07, 6.45) is 9.18. The van der Waals surface area contributed by atoms with Crippen LogP contribution in [0.25, 0.3) is 0 Å². The van der Waals surface area contributed by atoms with Crippen LogP contribution >= 0.6 is 0 Å². The number of fused-ring (bicyclic) bond motifs is 5. The van der Waals surface area contributed by atoms with Gasteiger partial charge in [-0.2, -0.15) is 0 Å². The molecule has 0 spiro atoms. The molecule has 0 aromatic carbocycles. The van der Waals surface area contributed by atoms with E-state index in [9.17, 15) is 15.0 Å². The van der Waals surface area contributed by atoms with Gasteiger partial charge in [-0.25, -0.2) is 0 Å². The van der Waals surface area contributed by atoms with Crippen LogP contribution < -0.4 is 0 Å². The van der Waals surface area contributed by atoms with Crippen molar-refractivity contribution in [1.82, 2.24) is 0 Å². The van der Waals surface area contributed by atoms with E-state index in [0.717, 1.165) is 19.3 Å². The van der Waals surface area contributed by atoms with E-state index in [1.807, 2.05) is 13.8 Å². The van der Waals surface area contributed by atoms with Crippen molar-refractivity contribution in [1.29, 1.82) is 0 Å². The Balaban J connectivity index is 1.47. The second-order valence-electron chi connectivity index (χ2n) is 14.5. The van der Waals surface area contributed by atoms with E-state index in [2.05, 4.69) is 40.7 Å². The highest BCUT2D eigenvalue weighted by atomic mass is 16.5. The van der Waals surface area contributed by atoms with E-state index in [1.165, 1.54) is 25.7 Å². The summed E-state index contributed by atoms with van der Waals surface area (Å²) in [5.74, 6) is 2.23. The molecule has 4 fully saturated rings. The summed E-state index contributed by atoms with van der Waals surface area (Å²) in [5, 5.41) is 21.5. The largest absolute Gasteiger partial charge is 0.390 e. The van der Waals surface area contributed by atoms with Crippen molar-refractivity contribution in [2.45, 2.75) is 118 Å². The van der Waals surface area contributed by atoms with Gasteiger partial charge in [0.1, 0.15) is 11.9 Å². The Hall–Kier alpha value is -0.710. The standard InChI is InChI=1S/C30H48O4/c1-26(2)23-9-8-21-20(28(23,5)13-12-24(26)32)11-15-29(6)19(10-14-30(21,29)7)18-16-22(31)25(33)27(3,4)34-17-18/h8,18-20,22-23,25,31,33H,9-17H2,1-7H3/t18-,19+,20+,22-,23+,25+,28-,29+,30-/m0/s1. The zero-order valence-electron chi connectivity index (χ0n) is 22.6. The minimum Gasteiger partial charge on any atom is -0.390 e. The number of aliphatic hydroxyl groups is 2. The monoisotopic (exact) mass is 472 g/mol. The maximum Gasteiger partial charge on any atom is 0.138 e. The van der Waals surface area contributed by atoms with Gasteiger partial charge in [0.25, 0.3) is 0 Å². The Labute approximate surface area is 206 Å². The summed E-state index contributed by atoms with van der Waals surface area (Å²) < 4.78 is 6.23. The molecule has 4 nitrogen and oxygen atoms in total. The van der Waals surface area contributed by atoms with Gasteiger partial charge in [0.2, 0.25) is 0 Å². The minimum atomic E-state index is -0.843. The van der Waals surface area contributed by atoms with E-state index in [-0.39, 0.29) is 27.6 Å². The van der Waals surface area contributed by atoms with Crippen molar-refractivity contribution in [2.24, 2.45) is 45.3 Å². The van der Waals surface area contributed by atoms with Crippen LogP contribution in [-0.4, -0.2) is 40.4 Å². The summed E-state index contributed by atoms with van der Waals surface area (Å²) in [7, 11) is 0. The minimum absolute atomic E-state index is 0.158. The third kappa shape index (κ3) is 3.16. The van der Waals surface area contributed by atoms with Crippen molar-refractivity contribution in [3.8, 4) is 0 Å². The van der Waals surface area contributed by atoms with E-state index < -0.39 is 17.8 Å². The molecule has 0 unspecified atom stereocenters. The quantitative estimate of drug-likeness (QED) is 0.481. The Morgan fingerprint density at radius 1 is 0.971 bits per heavy atom. The summed E-state index contributed by atoms with van der Waals surface area (Å²) in [6.45, 7) is 16.4. The lowest BCUT2D eigenvalue weighted by molar-refractivity contribution is -0.146. The van der Waals surface area contributed by atoms with Crippen LogP contribution in [0.5, 0.6) is 0 Å². The molecule has 2 N–H and O–H groups in total. The molecule has 1 aliphatic heterocycles. The fourth-order valence-corrected chi connectivity index (χ4v) is 9.97. The molecule has 3 saturated carbocycles. The topological polar surface area (TPSA) is 66.8 Å². The number of rotatable bonds is 1. The number of carbonyl (C=O) groups is 1. The molecule has 192 valence electrons. The number of hydrogen-bond donors (Lipinski definition) is 2. The molecule has 5 rings (SSSR count). The van der Waals surface area contributed by atoms with Gasteiger partial charge in [0, 0.05) is 11.8 Å². The SMILES string of the molecule is CC1(C)OC[C@@H]([C@H]2CC[C@@]3(C)C4=CC[C@@H]5C(C)(C)C(=O)CC[C@@]5(C)[C@@H]4CC[C@]23C)C[C@H](O)[C@H]1O. The predicted octanol–water partition coefficient (Wildman–Crippen LogP) is 5.70. The molecule has 0 radical (unpaired) electrons. The lowest BCUT2D eigenvalue weighted by Crippen LogP contribution is -2.57. The van der Waals surface area contributed by atoms with Crippen LogP contribution in [0.1, 0.15) is 99.8 Å². The average Bonchev–Trinajstić information content (AvgIpc) is 2.99. The number of ether oxygens (including phenoxy) is 1. The molecule has 0 aromatic heterocycles. The molecule has 5 aliphatic rings. The van der Waals surface area contributed by atoms with Crippen LogP contribution in [-0.2, 0) is 9.53 Å². The third-order valence-corrected chi connectivity index (χ3v) is 12.5. The van der Waals surface area contributed by atoms with Crippen LogP contribution in [0, 0.1) is 45.3 Å². The highest BCUT2D eigenvalue weighted by Crippen LogP contribution is 2.73. The van der Waals surface area contributed by atoms with Gasteiger partial charge in [-0.05, 0) is 98.7 Å². The van der Waals surface area contributed by atoms with Crippen molar-refractivity contribution < 1.29 is 19.7 Å². The zero-order valence-corrected chi connectivity index (χ0v) is 22.6. The Bertz CT molecular complexity index is 888. The van der Waals surface area contributed by atoms with Crippen LogP contribution in [0.15, 0.2) is 11.6 Å². The first kappa shape index (κ1) is 25.0. The van der Waals surface area contributed by atoms with Gasteiger partial charge >= 0.3 is 0 Å². The number of carbonyl (C=O) groups excluding carboxylic acids is 1. The normalized spacial score (nSPS) is 52.1. The number of aliphatic hydroxyl groups excluding tert-OH is 2. The molecule has 0 bridgehead atoms. The summed E-state index contributed by atoms with van der Waals surface area (Å²) in [5.41, 5.74) is 1.28. The van der Waals surface area contributed by atoms with Gasteiger partial charge in [0.15, 0.2) is 0 Å². The van der Waals surface area contributed by atoms with Crippen molar-refractivity contribution in [3.63, 3.8) is 0 Å². The number of hydrogen-bond acceptors (Lipinski definition) is 4. The predicted molar refractivity (Wildman–Crippen MR) is 134 cm³/mol. The van der Waals surface area contributed by atoms with Gasteiger partial charge in [-0.1, -0.05) is 46.3 Å². The Morgan fingerprint density at radius 3 is 2.38 bits per heavy atom. The highest BCUT2D eigenvalue weighted by molar-refractivity contribution is 5.85. The maximum atomic E-state index is 12.8. The van der Waals surface area contributed by atoms with E-state index in [1.54, 1.807) is 5.57 Å². The molecule has 0 aromatic rings. The Kier molecular flexibility index (Phi) is 5.62. The molecule has 1 heterocycles. The molecule has 9 atom stereocenters. The fraction of sp³-hybridized carbons (Fsp3) is 0.900. The summed E-state index contributed by atoms with van der Waals surface area (Å²) in [4.78, 5) is 12.8. The van der Waals surface area contributed by atoms with Gasteiger partial charge in [0.05, 0.1) is 18.3 Å². The molecular weight excluding hydrogens is 424 g/mol. The fourth-order valence-electron chi connectivity index (χ4n) is 9.97. The molecule has 0 amide bonds. The highest BCUT2D eigenvalue weighted by Gasteiger charge is 2.65. The molecule has 34 heavy (non-hydrogen) atoms. The first-order valence-electron chi connectivity index (χ1n) is 13.9. The van der Waals surface area contributed by atoms with Crippen molar-refractivity contribution in [2.75, 3.05) is 6.61 Å². The third-order valence-electron chi connectivity index (χ3n) is 12.5. The Morgan fingerprint density at radius 2 is 1.68 bits per heavy atom. The number of Topliss-reactive ketones (excluding diaryl/α,β-unsaturated/α-hetero) is 1. The number of allylic oxidation sites excluding steroid dienone is 2. The average molecular weight is 473 g/mol. The van der Waals surface area contributed by atoms with Crippen LogP contribution in [0.3, 0.4) is 0 Å². The van der Waals surface area contributed by atoms with E-state index >= 15 is 0 Å². The second kappa shape index (κ2) is 7.65. The zero-order chi connectivity index (χ0) is 24.9. The summed E-state index contributed by atoms with van der Waals surface area (Å²) >= 11 is 0. The van der Waals surface area contributed by atoms with E-state index in [4.69, 9.17) is 4.74 Å². The summed E-state index contributed by atoms with van der Waals surface area (Å²) in [6, 6.07) is 0. The molecule has 1 saturated heterocycles. The van der Waals surface area contributed by atoms with Gasteiger partial charge in [-0.15, -0.1) is 0 Å². The lowest BCUT2D eigenvalue weighted by atomic mass is 9.41. The van der Waals surface area contributed by atoms with Crippen molar-refractivity contribution in [3.05, 3.63) is 11.6 Å². The van der Waals surface area contributed by atoms with Crippen molar-refractivity contribution >= 4 is 5.78 Å². The van der Waals surface area contributed by atoms with Gasteiger partial charge in [-0.3, -0.25) is 4.79 Å². The molecule has 4 heteroatoms. The lowest BCUT2D eigenvalue weighted by Gasteiger charge is -2.63.